The minimum Gasteiger partial charge on any atom is -1.00 e. The lowest BCUT2D eigenvalue weighted by Gasteiger charge is -2.39. The van der Waals surface area contributed by atoms with Gasteiger partial charge in [-0.2, -0.15) is 0 Å². The van der Waals surface area contributed by atoms with Crippen LogP contribution in [0.1, 0.15) is 37.1 Å². The fourth-order valence-electron chi connectivity index (χ4n) is 4.03. The minimum atomic E-state index is 0. The first-order valence-electron chi connectivity index (χ1n) is 7.34. The highest BCUT2D eigenvalue weighted by Crippen LogP contribution is 2.42. The van der Waals surface area contributed by atoms with Crippen LogP contribution in [0.2, 0.25) is 5.02 Å². The summed E-state index contributed by atoms with van der Waals surface area (Å²) in [7, 11) is 0. The summed E-state index contributed by atoms with van der Waals surface area (Å²) in [4.78, 5) is 2.64. The van der Waals surface area contributed by atoms with Crippen LogP contribution >= 0.6 is 11.6 Å². The van der Waals surface area contributed by atoms with Gasteiger partial charge in [-0.25, -0.2) is 0 Å². The van der Waals surface area contributed by atoms with Gasteiger partial charge in [0.2, 0.25) is 0 Å². The van der Waals surface area contributed by atoms with Crippen molar-refractivity contribution in [2.75, 3.05) is 13.1 Å². The molecule has 0 bridgehead atoms. The second-order valence-electron chi connectivity index (χ2n) is 5.71. The van der Waals surface area contributed by atoms with Crippen LogP contribution in [0.15, 0.2) is 18.2 Å². The maximum atomic E-state index is 6.20. The van der Waals surface area contributed by atoms with Crippen LogP contribution in [0.25, 0.3) is 10.9 Å². The highest BCUT2D eigenvalue weighted by molar-refractivity contribution is 6.31. The number of halogens is 2. The number of rotatable bonds is 1. The Morgan fingerprint density at radius 2 is 2.15 bits per heavy atom. The summed E-state index contributed by atoms with van der Waals surface area (Å²) in [6.45, 7) is 5.74. The Morgan fingerprint density at radius 3 is 2.95 bits per heavy atom. The molecular formula is C16H19Cl2N2-. The average molecular weight is 310 g/mol. The summed E-state index contributed by atoms with van der Waals surface area (Å²) in [6.07, 6.45) is 3.83. The van der Waals surface area contributed by atoms with E-state index in [0.29, 0.717) is 6.04 Å². The number of hydrogen-bond acceptors (Lipinski definition) is 1. The quantitative estimate of drug-likeness (QED) is 0.763. The first-order valence-corrected chi connectivity index (χ1v) is 7.72. The van der Waals surface area contributed by atoms with E-state index >= 15 is 0 Å². The molecule has 2 nitrogen and oxygen atoms in total. The summed E-state index contributed by atoms with van der Waals surface area (Å²) in [5.41, 5.74) is 4.53. The zero-order valence-electron chi connectivity index (χ0n) is 11.7. The number of benzene rings is 1. The van der Waals surface area contributed by atoms with Gasteiger partial charge in [0.25, 0.3) is 0 Å². The third kappa shape index (κ3) is 1.89. The molecule has 2 heterocycles. The van der Waals surface area contributed by atoms with E-state index < -0.39 is 0 Å². The van der Waals surface area contributed by atoms with E-state index in [-0.39, 0.29) is 12.4 Å². The minimum absolute atomic E-state index is 0. The van der Waals surface area contributed by atoms with Crippen LogP contribution in [-0.4, -0.2) is 22.6 Å². The zero-order valence-corrected chi connectivity index (χ0v) is 13.2. The Labute approximate surface area is 131 Å². The third-order valence-electron chi connectivity index (χ3n) is 4.85. The number of aromatic nitrogens is 1. The fourth-order valence-corrected chi connectivity index (χ4v) is 4.20. The average Bonchev–Trinajstić information content (AvgIpc) is 2.75. The van der Waals surface area contributed by atoms with Crippen molar-refractivity contribution in [3.8, 4) is 0 Å². The van der Waals surface area contributed by atoms with Crippen molar-refractivity contribution in [3.05, 3.63) is 34.5 Å². The lowest BCUT2D eigenvalue weighted by molar-refractivity contribution is -0.00000378. The summed E-state index contributed by atoms with van der Waals surface area (Å²) in [5, 5.41) is 2.26. The molecule has 0 radical (unpaired) electrons. The molecule has 0 fully saturated rings. The highest BCUT2D eigenvalue weighted by Gasteiger charge is 2.33. The summed E-state index contributed by atoms with van der Waals surface area (Å²) in [6, 6.07) is 7.03. The molecule has 2 aromatic rings. The van der Waals surface area contributed by atoms with Gasteiger partial charge in [0, 0.05) is 34.7 Å². The zero-order chi connectivity index (χ0) is 13.0. The lowest BCUT2D eigenvalue weighted by Crippen LogP contribution is -3.00. The Hall–Kier alpha value is -0.700. The predicted molar refractivity (Wildman–Crippen MR) is 79.9 cm³/mol. The van der Waals surface area contributed by atoms with E-state index in [2.05, 4.69) is 28.5 Å². The van der Waals surface area contributed by atoms with Gasteiger partial charge >= 0.3 is 0 Å². The van der Waals surface area contributed by atoms with Gasteiger partial charge < -0.3 is 17.0 Å². The van der Waals surface area contributed by atoms with E-state index in [1.54, 1.807) is 11.3 Å². The standard InChI is InChI=1S/C16H19ClN2.ClH/c1-2-18-8-9-19-14-7-6-11(17)10-13(14)12-4-3-5-15(18)16(12)19;/h6-7,10,15H,2-5,8-9H2,1H3;1H/p-1. The number of nitrogens with zero attached hydrogens (tertiary/aromatic N) is 2. The number of aryl methyl sites for hydroxylation is 1. The predicted octanol–water partition coefficient (Wildman–Crippen LogP) is 1.01. The molecule has 108 valence electrons. The molecule has 0 spiro atoms. The Kier molecular flexibility index (Phi) is 3.74. The molecule has 2 aliphatic rings. The Morgan fingerprint density at radius 1 is 1.30 bits per heavy atom. The smallest absolute Gasteiger partial charge is 0.0504 e. The maximum absolute atomic E-state index is 6.20. The van der Waals surface area contributed by atoms with E-state index in [0.717, 1.165) is 18.1 Å². The SMILES string of the molecule is CCN1CCn2c3c(c4cc(Cl)ccc42)CCCC31.[Cl-]. The van der Waals surface area contributed by atoms with Crippen molar-refractivity contribution < 1.29 is 12.4 Å². The van der Waals surface area contributed by atoms with Crippen molar-refractivity contribution in [3.63, 3.8) is 0 Å². The topological polar surface area (TPSA) is 8.17 Å². The molecule has 0 amide bonds. The number of likely N-dealkylation sites (N-methyl/N-ethyl adjacent to an activating group) is 1. The molecule has 4 rings (SSSR count). The Balaban J connectivity index is 0.00000121. The molecule has 1 atom stereocenters. The van der Waals surface area contributed by atoms with Gasteiger partial charge in [-0.05, 0) is 49.6 Å². The van der Waals surface area contributed by atoms with Gasteiger partial charge in [-0.15, -0.1) is 0 Å². The van der Waals surface area contributed by atoms with Crippen LogP contribution in [0.3, 0.4) is 0 Å². The molecular weight excluding hydrogens is 291 g/mol. The van der Waals surface area contributed by atoms with Gasteiger partial charge in [-0.1, -0.05) is 18.5 Å². The van der Waals surface area contributed by atoms with Gasteiger partial charge in [0.05, 0.1) is 6.04 Å². The third-order valence-corrected chi connectivity index (χ3v) is 5.09. The van der Waals surface area contributed by atoms with Gasteiger partial charge in [0.1, 0.15) is 0 Å². The van der Waals surface area contributed by atoms with E-state index in [9.17, 15) is 0 Å². The maximum Gasteiger partial charge on any atom is 0.0504 e. The molecule has 1 aromatic heterocycles. The molecule has 0 saturated heterocycles. The molecule has 1 aromatic carbocycles. The normalized spacial score (nSPS) is 21.6. The molecule has 0 N–H and O–H groups in total. The van der Waals surface area contributed by atoms with Crippen molar-refractivity contribution in [2.24, 2.45) is 0 Å². The second kappa shape index (κ2) is 5.25. The van der Waals surface area contributed by atoms with Crippen molar-refractivity contribution in [1.82, 2.24) is 9.47 Å². The molecule has 1 unspecified atom stereocenters. The summed E-state index contributed by atoms with van der Waals surface area (Å²) in [5.74, 6) is 0. The van der Waals surface area contributed by atoms with Gasteiger partial charge in [0.15, 0.2) is 0 Å². The summed E-state index contributed by atoms with van der Waals surface area (Å²) < 4.78 is 2.55. The first kappa shape index (κ1) is 14.2. The van der Waals surface area contributed by atoms with E-state index in [1.807, 2.05) is 6.07 Å². The second-order valence-corrected chi connectivity index (χ2v) is 6.15. The van der Waals surface area contributed by atoms with Gasteiger partial charge in [-0.3, -0.25) is 4.90 Å². The van der Waals surface area contributed by atoms with Crippen molar-refractivity contribution >= 4 is 22.5 Å². The van der Waals surface area contributed by atoms with Crippen LogP contribution in [-0.2, 0) is 13.0 Å². The van der Waals surface area contributed by atoms with Crippen LogP contribution in [0.5, 0.6) is 0 Å². The van der Waals surface area contributed by atoms with Crippen molar-refractivity contribution in [1.29, 1.82) is 0 Å². The van der Waals surface area contributed by atoms with E-state index in [4.69, 9.17) is 11.6 Å². The van der Waals surface area contributed by atoms with Crippen molar-refractivity contribution in [2.45, 2.75) is 38.8 Å². The number of hydrogen-bond donors (Lipinski definition) is 0. The molecule has 1 aliphatic heterocycles. The molecule has 0 saturated carbocycles. The highest BCUT2D eigenvalue weighted by atomic mass is 35.5. The fraction of sp³-hybridized carbons (Fsp3) is 0.500. The largest absolute Gasteiger partial charge is 1.00 e. The summed E-state index contributed by atoms with van der Waals surface area (Å²) >= 11 is 6.20. The van der Waals surface area contributed by atoms with Crippen LogP contribution < -0.4 is 12.4 Å². The molecule has 20 heavy (non-hydrogen) atoms. The monoisotopic (exact) mass is 309 g/mol. The van der Waals surface area contributed by atoms with Crippen LogP contribution in [0, 0.1) is 0 Å². The molecule has 4 heteroatoms. The first-order chi connectivity index (χ1) is 9.29. The molecule has 1 aliphatic carbocycles. The Bertz CT molecular complexity index is 647. The lowest BCUT2D eigenvalue weighted by atomic mass is 9.90. The van der Waals surface area contributed by atoms with Crippen LogP contribution in [0.4, 0.5) is 0 Å². The number of fused-ring (bicyclic) bond motifs is 3. The van der Waals surface area contributed by atoms with E-state index in [1.165, 1.54) is 36.7 Å².